The van der Waals surface area contributed by atoms with Crippen molar-refractivity contribution in [2.45, 2.75) is 51.2 Å². The Balaban J connectivity index is 2.28. The maximum Gasteiger partial charge on any atom is 0.416 e. The number of rotatable bonds is 2. The van der Waals surface area contributed by atoms with Crippen LogP contribution < -0.4 is 5.32 Å². The van der Waals surface area contributed by atoms with Gasteiger partial charge in [0.1, 0.15) is 0 Å². The number of halogens is 3. The molecule has 0 aliphatic heterocycles. The van der Waals surface area contributed by atoms with Crippen LogP contribution in [0.3, 0.4) is 0 Å². The van der Waals surface area contributed by atoms with Gasteiger partial charge in [0.15, 0.2) is 0 Å². The van der Waals surface area contributed by atoms with Crippen LogP contribution in [0, 0.1) is 0 Å². The zero-order valence-electron chi connectivity index (χ0n) is 11.1. The molecule has 2 aliphatic carbocycles. The maximum absolute atomic E-state index is 13.4. The van der Waals surface area contributed by atoms with Gasteiger partial charge >= 0.3 is 6.18 Å². The van der Waals surface area contributed by atoms with Crippen LogP contribution in [0.15, 0.2) is 0 Å². The highest BCUT2D eigenvalue weighted by Gasteiger charge is 2.41. The molecule has 4 heteroatoms. The van der Waals surface area contributed by atoms with E-state index in [0.717, 1.165) is 42.4 Å². The first kappa shape index (κ1) is 13.0. The lowest BCUT2D eigenvalue weighted by atomic mass is 9.88. The molecule has 0 saturated heterocycles. The van der Waals surface area contributed by atoms with E-state index in [1.54, 1.807) is 0 Å². The summed E-state index contributed by atoms with van der Waals surface area (Å²) in [5.41, 5.74) is 4.05. The van der Waals surface area contributed by atoms with Crippen LogP contribution in [-0.2, 0) is 38.4 Å². The molecule has 0 unspecified atom stereocenters. The molecule has 0 atom stereocenters. The summed E-state index contributed by atoms with van der Waals surface area (Å²) in [6.07, 6.45) is 0.324. The normalized spacial score (nSPS) is 17.7. The van der Waals surface area contributed by atoms with Crippen LogP contribution in [0.1, 0.15) is 46.2 Å². The molecular formula is C15H18F3N. The second-order valence-electron chi connectivity index (χ2n) is 5.50. The van der Waals surface area contributed by atoms with Crippen LogP contribution in [-0.4, -0.2) is 7.05 Å². The fraction of sp³-hybridized carbons (Fsp3) is 0.600. The minimum absolute atomic E-state index is 0.285. The van der Waals surface area contributed by atoms with Crippen LogP contribution in [0.2, 0.25) is 0 Å². The van der Waals surface area contributed by atoms with Gasteiger partial charge < -0.3 is 5.32 Å². The molecule has 0 radical (unpaired) electrons. The largest absolute Gasteiger partial charge is 0.416 e. The Hall–Kier alpha value is -1.03. The Kier molecular flexibility index (Phi) is 3.08. The first-order chi connectivity index (χ1) is 9.04. The number of hydrogen-bond acceptors (Lipinski definition) is 1. The fourth-order valence-electron chi connectivity index (χ4n) is 3.80. The van der Waals surface area contributed by atoms with Gasteiger partial charge in [-0.3, -0.25) is 0 Å². The van der Waals surface area contributed by atoms with Crippen molar-refractivity contribution in [2.75, 3.05) is 7.05 Å². The first-order valence-electron chi connectivity index (χ1n) is 6.94. The number of hydrogen-bond donors (Lipinski definition) is 1. The molecule has 0 heterocycles. The van der Waals surface area contributed by atoms with Crippen molar-refractivity contribution in [3.8, 4) is 0 Å². The molecule has 1 N–H and O–H groups in total. The predicted molar refractivity (Wildman–Crippen MR) is 68.3 cm³/mol. The Bertz CT molecular complexity index is 482. The number of fused-ring (bicyclic) bond motifs is 2. The van der Waals surface area contributed by atoms with Crippen molar-refractivity contribution in [2.24, 2.45) is 0 Å². The highest BCUT2D eigenvalue weighted by atomic mass is 19.4. The van der Waals surface area contributed by atoms with E-state index in [1.165, 1.54) is 0 Å². The highest BCUT2D eigenvalue weighted by Crippen LogP contribution is 2.45. The molecular weight excluding hydrogens is 251 g/mol. The van der Waals surface area contributed by atoms with E-state index in [-0.39, 0.29) is 5.56 Å². The summed E-state index contributed by atoms with van der Waals surface area (Å²) in [5.74, 6) is 0. The molecule has 0 spiro atoms. The summed E-state index contributed by atoms with van der Waals surface area (Å²) >= 11 is 0. The lowest BCUT2D eigenvalue weighted by molar-refractivity contribution is -0.138. The molecule has 0 bridgehead atoms. The minimum Gasteiger partial charge on any atom is -0.316 e. The smallest absolute Gasteiger partial charge is 0.316 e. The van der Waals surface area contributed by atoms with Gasteiger partial charge in [-0.05, 0) is 73.4 Å². The van der Waals surface area contributed by atoms with E-state index in [0.29, 0.717) is 30.5 Å². The maximum atomic E-state index is 13.4. The average Bonchev–Trinajstić information content (AvgIpc) is 2.94. The lowest BCUT2D eigenvalue weighted by Crippen LogP contribution is -2.17. The number of nitrogens with one attached hydrogen (secondary N) is 1. The lowest BCUT2D eigenvalue weighted by Gasteiger charge is -2.21. The summed E-state index contributed by atoms with van der Waals surface area (Å²) in [6, 6.07) is 0. The molecule has 1 nitrogen and oxygen atoms in total. The van der Waals surface area contributed by atoms with Gasteiger partial charge in [0.2, 0.25) is 0 Å². The van der Waals surface area contributed by atoms with E-state index in [1.807, 2.05) is 7.05 Å². The Morgan fingerprint density at radius 1 is 0.895 bits per heavy atom. The Morgan fingerprint density at radius 3 is 1.79 bits per heavy atom. The predicted octanol–water partition coefficient (Wildman–Crippen LogP) is 3.40. The Morgan fingerprint density at radius 2 is 1.37 bits per heavy atom. The first-order valence-corrected chi connectivity index (χ1v) is 6.94. The summed E-state index contributed by atoms with van der Waals surface area (Å²) in [7, 11) is 1.86. The van der Waals surface area contributed by atoms with Crippen molar-refractivity contribution < 1.29 is 13.2 Å². The van der Waals surface area contributed by atoms with Crippen molar-refractivity contribution in [3.05, 3.63) is 33.4 Å². The van der Waals surface area contributed by atoms with Crippen LogP contribution in [0.4, 0.5) is 13.2 Å². The standard InChI is InChI=1S/C15H18F3N/c1-19-8-13-9-4-2-6-11(9)14(15(16,17)18)12-7-3-5-10(12)13/h19H,2-8H2,1H3. The van der Waals surface area contributed by atoms with E-state index in [9.17, 15) is 13.2 Å². The van der Waals surface area contributed by atoms with Gasteiger partial charge in [-0.1, -0.05) is 0 Å². The third-order valence-electron chi connectivity index (χ3n) is 4.40. The molecule has 104 valence electrons. The number of benzene rings is 1. The highest BCUT2D eigenvalue weighted by molar-refractivity contribution is 5.56. The third-order valence-corrected chi connectivity index (χ3v) is 4.40. The molecule has 0 fully saturated rings. The van der Waals surface area contributed by atoms with E-state index < -0.39 is 6.18 Å². The molecule has 1 aromatic carbocycles. The molecule has 0 amide bonds. The summed E-state index contributed by atoms with van der Waals surface area (Å²) in [4.78, 5) is 0. The van der Waals surface area contributed by atoms with Gasteiger partial charge in [-0.25, -0.2) is 0 Å². The zero-order valence-corrected chi connectivity index (χ0v) is 11.1. The van der Waals surface area contributed by atoms with Gasteiger partial charge in [-0.2, -0.15) is 13.2 Å². The topological polar surface area (TPSA) is 12.0 Å². The van der Waals surface area contributed by atoms with Crippen molar-refractivity contribution in [1.82, 2.24) is 5.32 Å². The molecule has 2 aliphatic rings. The molecule has 19 heavy (non-hydrogen) atoms. The molecule has 3 rings (SSSR count). The van der Waals surface area contributed by atoms with Gasteiger partial charge in [0.05, 0.1) is 5.56 Å². The van der Waals surface area contributed by atoms with Crippen LogP contribution in [0.25, 0.3) is 0 Å². The van der Waals surface area contributed by atoms with Crippen molar-refractivity contribution in [1.29, 1.82) is 0 Å². The quantitative estimate of drug-likeness (QED) is 0.867. The second kappa shape index (κ2) is 4.51. The molecule has 1 aromatic rings. The molecule has 0 aromatic heterocycles. The van der Waals surface area contributed by atoms with Crippen LogP contribution in [0.5, 0.6) is 0 Å². The molecule has 0 saturated carbocycles. The average molecular weight is 269 g/mol. The van der Waals surface area contributed by atoms with Gasteiger partial charge in [0, 0.05) is 6.54 Å². The van der Waals surface area contributed by atoms with E-state index in [2.05, 4.69) is 5.32 Å². The van der Waals surface area contributed by atoms with Gasteiger partial charge in [0.25, 0.3) is 0 Å². The van der Waals surface area contributed by atoms with Crippen molar-refractivity contribution >= 4 is 0 Å². The third kappa shape index (κ3) is 1.97. The fourth-order valence-corrected chi connectivity index (χ4v) is 3.80. The van der Waals surface area contributed by atoms with Crippen LogP contribution >= 0.6 is 0 Å². The summed E-state index contributed by atoms with van der Waals surface area (Å²) in [5, 5.41) is 3.12. The summed E-state index contributed by atoms with van der Waals surface area (Å²) in [6.45, 7) is 0.697. The SMILES string of the molecule is CNCc1c2c(c(C(F)(F)F)c3c1CCC3)CCC2. The van der Waals surface area contributed by atoms with Crippen molar-refractivity contribution in [3.63, 3.8) is 0 Å². The number of alkyl halides is 3. The monoisotopic (exact) mass is 269 g/mol. The minimum atomic E-state index is -4.19. The second-order valence-corrected chi connectivity index (χ2v) is 5.50. The summed E-state index contributed by atoms with van der Waals surface area (Å²) < 4.78 is 40.2. The van der Waals surface area contributed by atoms with Gasteiger partial charge in [-0.15, -0.1) is 0 Å². The van der Waals surface area contributed by atoms with E-state index in [4.69, 9.17) is 0 Å². The zero-order chi connectivity index (χ0) is 13.6. The van der Waals surface area contributed by atoms with E-state index >= 15 is 0 Å². The Labute approximate surface area is 111 Å².